The fraction of sp³-hybridized carbons (Fsp3) is 0.971. The summed E-state index contributed by atoms with van der Waals surface area (Å²) in [4.78, 5) is 25.4. The SMILES string of the molecule is CC(=O)N[C@@H]1[C@@H](O)[C@H](O[C@@H]2O[C@H](CO)[C@@H](O[C@@H]3O[C@H](CO[C@H]4O[C@H](CO[C@H]5O[C@H](CO)[C@@H](O)[C@H](O)[C@@H]5O)[C@@H](O)[C@H](O[C@H]5O[C@H](CO)[C@@H](O)[C@H](O)[C@@H]5O)[C@@H]4O)[C@@H](O)[C@H](O[C@H]4O[C@H](CO)[C@@H](O)[C@H](O[C@H]5O[C@H](CO)[C@@H](O)[C@H](O)[C@@H]5O)[C@@H]4O[C@H]4O[C@H](CO)[C@@H](O)[C@H](O)[C@@H]4O[C@H]4O[C@H](CO)[C@@H](O)[C@H](O)[C@@H]4O[C@H]4O[C@H](CO)[C@@H](O)[C@H](O)[C@@H]4O)[C@@H]3O)[C@H](O)[C@H]2NC(C)=O)[C@@H](CO)O[C@H]1O. The minimum absolute atomic E-state index is 0.831. The van der Waals surface area contributed by atoms with Gasteiger partial charge in [0.1, 0.15) is 268 Å². The van der Waals surface area contributed by atoms with Crippen LogP contribution in [0.25, 0.3) is 0 Å². The predicted octanol–water partition coefficient (Wildman–Crippen LogP) is -24.7. The third-order valence-electron chi connectivity index (χ3n) is 23.8. The third kappa shape index (κ3) is 22.5. The lowest BCUT2D eigenvalue weighted by Crippen LogP contribution is -2.71. The Hall–Kier alpha value is -3.22. The van der Waals surface area contributed by atoms with E-state index in [1.807, 2.05) is 0 Å². The molecule has 0 radical (unpaired) electrons. The van der Waals surface area contributed by atoms with E-state index in [2.05, 4.69) is 10.6 Å². The zero-order valence-corrected chi connectivity index (χ0v) is 67.7. The van der Waals surface area contributed by atoms with Crippen LogP contribution in [0.2, 0.25) is 0 Å². The van der Waals surface area contributed by atoms with Crippen LogP contribution in [0, 0.1) is 0 Å². The first kappa shape index (κ1) is 105. The number of nitrogens with one attached hydrogen (secondary N) is 2. The Balaban J connectivity index is 0.992. The average molecular weight is 1880 g/mol. The second kappa shape index (κ2) is 45.8. The molecule has 58 heteroatoms. The number of rotatable bonds is 33. The van der Waals surface area contributed by atoms with Gasteiger partial charge in [-0.05, 0) is 0 Å². The molecule has 0 unspecified atom stereocenters. The van der Waals surface area contributed by atoms with Crippen LogP contribution in [-0.4, -0.2) is 591 Å². The number of amides is 2. The standard InChI is InChI=1S/C70H118N2O56/c1-14(82)71-27-38(93)52(23(10-80)110-60(27)107)121-61-28(72-15(2)83)39(94)53(24(11-81)118-61)122-67-51(106)55(37(92)26(120-67)13-109-63-50(105)54(123-64-47(102)41(96)30(85)17(4-74)112-64)36(91)25(119-63)12-108-62-46(101)40(95)29(84)16(3-73)111-62)124-70-59(56(35(90)22(9-79)117-70)125-65-48(103)42(97)31(86)18(5-75)113-65)128-69-58(45(100)34(89)21(8-78)116-69)127-68-57(44(99)33(88)20(7-77)115-68)126-66-49(104)43(98)32(87)19(6-76)114-66/h16-70,73-81,84-107H,3-13H2,1-2H3,(H,71,82)(H,72,83)/t16-,17-,18-,19-,20-,21-,22-,23-,24-,25-,26-,27-,28-,29-,30-,31-,32-,33-,34-,35-,36-,37-,38-,39-,40+,41+,42+,43+,44+,45+,46+,47+,48+,49+,50+,51+,52-,53-,54+,55+,56+,57+,58+,59+,60-,61+,62+,63+,64-,65-,66-,67+,68-,69-,70-/m1/s1. The number of carbonyl (C=O) groups excluding carboxylic acids is 2. The molecule has 55 atom stereocenters. The van der Waals surface area contributed by atoms with Gasteiger partial charge in [0.25, 0.3) is 0 Å². The normalized spacial score (nSPS) is 51.7. The Morgan fingerprint density at radius 3 is 0.836 bits per heavy atom. The molecule has 0 aliphatic carbocycles. The fourth-order valence-electron chi connectivity index (χ4n) is 16.5. The summed E-state index contributed by atoms with van der Waals surface area (Å²) >= 11 is 0. The number of aliphatic hydroxyl groups excluding tert-OH is 33. The number of ether oxygens (including phenoxy) is 21. The second-order valence-electron chi connectivity index (χ2n) is 32.3. The van der Waals surface area contributed by atoms with Crippen LogP contribution < -0.4 is 10.6 Å². The molecule has 0 aromatic heterocycles. The van der Waals surface area contributed by atoms with Crippen molar-refractivity contribution in [3.63, 3.8) is 0 Å². The minimum atomic E-state index is -2.78. The van der Waals surface area contributed by atoms with Crippen molar-refractivity contribution in [2.45, 2.75) is 351 Å². The molecule has 11 aliphatic heterocycles. The fourth-order valence-corrected chi connectivity index (χ4v) is 16.5. The van der Waals surface area contributed by atoms with Crippen molar-refractivity contribution in [1.82, 2.24) is 10.6 Å². The second-order valence-corrected chi connectivity index (χ2v) is 32.3. The molecule has 0 aromatic carbocycles. The zero-order chi connectivity index (χ0) is 94.0. The molecule has 58 nitrogen and oxygen atoms in total. The smallest absolute Gasteiger partial charge is 0.217 e. The number of aliphatic hydroxyl groups is 33. The third-order valence-corrected chi connectivity index (χ3v) is 23.8. The number of carbonyl (C=O) groups is 2. The Morgan fingerprint density at radius 2 is 0.438 bits per heavy atom. The summed E-state index contributed by atoms with van der Waals surface area (Å²) < 4.78 is 125. The predicted molar refractivity (Wildman–Crippen MR) is 386 cm³/mol. The number of hydrogen-bond donors (Lipinski definition) is 35. The molecule has 2 amide bonds. The average Bonchev–Trinajstić information content (AvgIpc) is 0.748. The molecule has 0 aromatic rings. The van der Waals surface area contributed by atoms with E-state index in [-0.39, 0.29) is 0 Å². The quantitative estimate of drug-likeness (QED) is 0.0290. The molecule has 128 heavy (non-hydrogen) atoms. The maximum absolute atomic E-state index is 13.2. The van der Waals surface area contributed by atoms with Crippen LogP contribution in [-0.2, 0) is 109 Å². The monoisotopic (exact) mass is 1880 g/mol. The molecule has 11 aliphatic rings. The van der Waals surface area contributed by atoms with E-state index >= 15 is 0 Å². The molecular weight excluding hydrogens is 1760 g/mol. The van der Waals surface area contributed by atoms with Gasteiger partial charge in [-0.3, -0.25) is 9.59 Å². The Kier molecular flexibility index (Phi) is 37.7. The molecule has 0 saturated carbocycles. The van der Waals surface area contributed by atoms with E-state index in [4.69, 9.17) is 99.5 Å². The first-order valence-electron chi connectivity index (χ1n) is 40.7. The highest BCUT2D eigenvalue weighted by atomic mass is 16.8. The molecule has 11 saturated heterocycles. The molecule has 11 fully saturated rings. The molecule has 35 N–H and O–H groups in total. The number of hydrogen-bond acceptors (Lipinski definition) is 56. The van der Waals surface area contributed by atoms with Crippen molar-refractivity contribution < 1.29 is 278 Å². The van der Waals surface area contributed by atoms with Gasteiger partial charge in [-0.1, -0.05) is 0 Å². The largest absolute Gasteiger partial charge is 0.394 e. The summed E-state index contributed by atoms with van der Waals surface area (Å²) in [5, 5.41) is 374. The molecular formula is C70H118N2O56. The van der Waals surface area contributed by atoms with Crippen molar-refractivity contribution in [2.24, 2.45) is 0 Å². The van der Waals surface area contributed by atoms with Crippen molar-refractivity contribution in [3.05, 3.63) is 0 Å². The summed E-state index contributed by atoms with van der Waals surface area (Å²) in [6.45, 7) is -11.1. The molecule has 744 valence electrons. The van der Waals surface area contributed by atoms with E-state index in [1.54, 1.807) is 0 Å². The molecule has 11 heterocycles. The summed E-state index contributed by atoms with van der Waals surface area (Å²) in [5.41, 5.74) is 0. The molecule has 0 bridgehead atoms. The Morgan fingerprint density at radius 1 is 0.203 bits per heavy atom. The highest BCUT2D eigenvalue weighted by Crippen LogP contribution is 2.42. The van der Waals surface area contributed by atoms with Crippen LogP contribution >= 0.6 is 0 Å². The highest BCUT2D eigenvalue weighted by Gasteiger charge is 2.63. The lowest BCUT2D eigenvalue weighted by molar-refractivity contribution is -0.422. The lowest BCUT2D eigenvalue weighted by Gasteiger charge is -2.52. The van der Waals surface area contributed by atoms with E-state index in [1.165, 1.54) is 0 Å². The molecule has 11 rings (SSSR count). The van der Waals surface area contributed by atoms with Crippen molar-refractivity contribution in [1.29, 1.82) is 0 Å². The topological polar surface area (TPSA) is 920 Å². The maximum Gasteiger partial charge on any atom is 0.217 e. The Labute approximate surface area is 722 Å². The van der Waals surface area contributed by atoms with Crippen LogP contribution in [0.5, 0.6) is 0 Å². The van der Waals surface area contributed by atoms with Gasteiger partial charge in [0.15, 0.2) is 69.2 Å². The van der Waals surface area contributed by atoms with Gasteiger partial charge in [-0.2, -0.15) is 0 Å². The Bertz CT molecular complexity index is 3380. The van der Waals surface area contributed by atoms with Crippen LogP contribution in [0.1, 0.15) is 13.8 Å². The first-order valence-corrected chi connectivity index (χ1v) is 40.7. The van der Waals surface area contributed by atoms with Gasteiger partial charge in [0, 0.05) is 13.8 Å². The van der Waals surface area contributed by atoms with Gasteiger partial charge in [-0.25, -0.2) is 0 Å². The zero-order valence-electron chi connectivity index (χ0n) is 67.7. The van der Waals surface area contributed by atoms with Gasteiger partial charge in [0.05, 0.1) is 72.7 Å². The maximum atomic E-state index is 13.2. The summed E-state index contributed by atoms with van der Waals surface area (Å²) in [6, 6.07) is -3.74. The van der Waals surface area contributed by atoms with Crippen LogP contribution in [0.3, 0.4) is 0 Å². The highest BCUT2D eigenvalue weighted by molar-refractivity contribution is 5.73. The van der Waals surface area contributed by atoms with E-state index in [9.17, 15) is 178 Å². The summed E-state index contributed by atoms with van der Waals surface area (Å²) in [7, 11) is 0. The lowest BCUT2D eigenvalue weighted by atomic mass is 9.93. The van der Waals surface area contributed by atoms with Crippen molar-refractivity contribution in [3.8, 4) is 0 Å². The van der Waals surface area contributed by atoms with Crippen LogP contribution in [0.15, 0.2) is 0 Å². The van der Waals surface area contributed by atoms with Crippen molar-refractivity contribution in [2.75, 3.05) is 72.7 Å². The van der Waals surface area contributed by atoms with Gasteiger partial charge >= 0.3 is 0 Å². The van der Waals surface area contributed by atoms with Crippen molar-refractivity contribution >= 4 is 11.8 Å². The van der Waals surface area contributed by atoms with Crippen LogP contribution in [0.4, 0.5) is 0 Å². The van der Waals surface area contributed by atoms with E-state index < -0.39 is 422 Å². The minimum Gasteiger partial charge on any atom is -0.394 e. The first-order chi connectivity index (χ1) is 60.7. The summed E-state index contributed by atoms with van der Waals surface area (Å²) in [6.07, 6.45) is -119. The van der Waals surface area contributed by atoms with Gasteiger partial charge in [0.2, 0.25) is 11.8 Å². The molecule has 0 spiro atoms. The van der Waals surface area contributed by atoms with E-state index in [0.717, 1.165) is 13.8 Å². The van der Waals surface area contributed by atoms with Gasteiger partial charge in [-0.15, -0.1) is 0 Å². The summed E-state index contributed by atoms with van der Waals surface area (Å²) in [5.74, 6) is -1.84. The van der Waals surface area contributed by atoms with Gasteiger partial charge < -0.3 is 279 Å². The van der Waals surface area contributed by atoms with E-state index in [0.29, 0.717) is 0 Å².